The summed E-state index contributed by atoms with van der Waals surface area (Å²) in [5, 5.41) is 0. The summed E-state index contributed by atoms with van der Waals surface area (Å²) in [4.78, 5) is 0. The van der Waals surface area contributed by atoms with Gasteiger partial charge in [0.25, 0.3) is 0 Å². The Labute approximate surface area is 87.3 Å². The van der Waals surface area contributed by atoms with Crippen LogP contribution in [0.4, 0.5) is 0 Å². The van der Waals surface area contributed by atoms with Crippen LogP contribution < -0.4 is 0 Å². The van der Waals surface area contributed by atoms with E-state index in [4.69, 9.17) is 20.3 Å². The Bertz CT molecular complexity index is 354. The molecule has 5 heteroatoms. The summed E-state index contributed by atoms with van der Waals surface area (Å²) in [6.45, 7) is -2.96. The van der Waals surface area contributed by atoms with Crippen molar-refractivity contribution in [2.75, 3.05) is 6.61 Å². The summed E-state index contributed by atoms with van der Waals surface area (Å²) < 4.78 is 21.3. The SMILES string of the molecule is O=P1(Cl)OCCC(c2ccccc2)O1. The number of hydrogen-bond acceptors (Lipinski definition) is 3. The molecule has 0 spiro atoms. The summed E-state index contributed by atoms with van der Waals surface area (Å²) in [7, 11) is 0. The Balaban J connectivity index is 2.16. The second-order valence-electron chi connectivity index (χ2n) is 3.06. The van der Waals surface area contributed by atoms with Crippen molar-refractivity contribution in [1.82, 2.24) is 0 Å². The van der Waals surface area contributed by atoms with E-state index >= 15 is 0 Å². The van der Waals surface area contributed by atoms with Gasteiger partial charge >= 0.3 is 6.95 Å². The second-order valence-corrected chi connectivity index (χ2v) is 5.63. The Morgan fingerprint density at radius 1 is 1.36 bits per heavy atom. The van der Waals surface area contributed by atoms with Gasteiger partial charge in [-0.05, 0) is 5.56 Å². The van der Waals surface area contributed by atoms with Gasteiger partial charge in [0.05, 0.1) is 12.7 Å². The van der Waals surface area contributed by atoms with E-state index in [0.29, 0.717) is 13.0 Å². The van der Waals surface area contributed by atoms with Crippen molar-refractivity contribution in [3.63, 3.8) is 0 Å². The molecule has 1 saturated heterocycles. The van der Waals surface area contributed by atoms with E-state index in [2.05, 4.69) is 0 Å². The predicted molar refractivity (Wildman–Crippen MR) is 54.3 cm³/mol. The quantitative estimate of drug-likeness (QED) is 0.695. The monoisotopic (exact) mass is 232 g/mol. The van der Waals surface area contributed by atoms with E-state index in [9.17, 15) is 4.57 Å². The average Bonchev–Trinajstić information content (AvgIpc) is 2.18. The molecular formula is C9H10ClO3P. The molecule has 0 saturated carbocycles. The zero-order valence-electron chi connectivity index (χ0n) is 7.43. The average molecular weight is 233 g/mol. The van der Waals surface area contributed by atoms with Crippen molar-refractivity contribution in [1.29, 1.82) is 0 Å². The molecule has 0 aliphatic carbocycles. The first-order chi connectivity index (χ1) is 6.67. The summed E-state index contributed by atoms with van der Waals surface area (Å²) in [6, 6.07) is 9.59. The highest BCUT2D eigenvalue weighted by molar-refractivity contribution is 7.81. The number of rotatable bonds is 1. The van der Waals surface area contributed by atoms with Crippen molar-refractivity contribution >= 4 is 18.2 Å². The van der Waals surface area contributed by atoms with Crippen molar-refractivity contribution in [2.45, 2.75) is 12.5 Å². The van der Waals surface area contributed by atoms with E-state index in [1.54, 1.807) is 0 Å². The first-order valence-electron chi connectivity index (χ1n) is 4.35. The summed E-state index contributed by atoms with van der Waals surface area (Å²) >= 11 is 5.53. The number of hydrogen-bond donors (Lipinski definition) is 0. The Morgan fingerprint density at radius 3 is 2.71 bits per heavy atom. The largest absolute Gasteiger partial charge is 0.424 e. The molecule has 1 aliphatic rings. The molecule has 1 fully saturated rings. The van der Waals surface area contributed by atoms with Gasteiger partial charge in [-0.25, -0.2) is 4.57 Å². The third-order valence-corrected chi connectivity index (χ3v) is 3.58. The van der Waals surface area contributed by atoms with Crippen LogP contribution in [0.2, 0.25) is 0 Å². The summed E-state index contributed by atoms with van der Waals surface area (Å²) in [5.41, 5.74) is 0.983. The van der Waals surface area contributed by atoms with Gasteiger partial charge in [0.15, 0.2) is 0 Å². The van der Waals surface area contributed by atoms with Crippen molar-refractivity contribution in [3.8, 4) is 0 Å². The van der Waals surface area contributed by atoms with E-state index in [-0.39, 0.29) is 6.10 Å². The molecule has 0 bridgehead atoms. The van der Waals surface area contributed by atoms with Crippen molar-refractivity contribution in [3.05, 3.63) is 35.9 Å². The van der Waals surface area contributed by atoms with E-state index in [0.717, 1.165) is 5.56 Å². The highest BCUT2D eigenvalue weighted by Crippen LogP contribution is 2.59. The van der Waals surface area contributed by atoms with Gasteiger partial charge in [-0.3, -0.25) is 9.05 Å². The minimum absolute atomic E-state index is 0.215. The fourth-order valence-corrected chi connectivity index (χ4v) is 2.81. The number of halogens is 1. The Hall–Kier alpha value is -0.340. The molecule has 2 atom stereocenters. The molecule has 2 unspecified atom stereocenters. The zero-order valence-corrected chi connectivity index (χ0v) is 9.08. The van der Waals surface area contributed by atoms with Crippen LogP contribution in [-0.4, -0.2) is 6.61 Å². The van der Waals surface area contributed by atoms with E-state index in [1.807, 2.05) is 30.3 Å². The minimum Gasteiger partial charge on any atom is -0.297 e. The molecule has 0 aromatic heterocycles. The van der Waals surface area contributed by atoms with Crippen LogP contribution in [0.15, 0.2) is 30.3 Å². The van der Waals surface area contributed by atoms with Crippen LogP contribution in [0.25, 0.3) is 0 Å². The highest BCUT2D eigenvalue weighted by Gasteiger charge is 2.31. The smallest absolute Gasteiger partial charge is 0.297 e. The molecule has 0 N–H and O–H groups in total. The maximum absolute atomic E-state index is 11.3. The molecule has 14 heavy (non-hydrogen) atoms. The maximum atomic E-state index is 11.3. The van der Waals surface area contributed by atoms with Crippen LogP contribution in [0, 0.1) is 0 Å². The molecule has 1 aromatic carbocycles. The fourth-order valence-electron chi connectivity index (χ4n) is 1.40. The van der Waals surface area contributed by atoms with Crippen molar-refractivity contribution < 1.29 is 13.6 Å². The first kappa shape index (κ1) is 10.2. The summed E-state index contributed by atoms with van der Waals surface area (Å²) in [6.07, 6.45) is 0.467. The molecule has 0 amide bonds. The fraction of sp³-hybridized carbons (Fsp3) is 0.333. The van der Waals surface area contributed by atoms with Gasteiger partial charge in [0, 0.05) is 17.7 Å². The number of benzene rings is 1. The van der Waals surface area contributed by atoms with Gasteiger partial charge in [-0.2, -0.15) is 0 Å². The first-order valence-corrected chi connectivity index (χ1v) is 6.80. The molecular weight excluding hydrogens is 223 g/mol. The van der Waals surface area contributed by atoms with Gasteiger partial charge in [0.2, 0.25) is 0 Å². The van der Waals surface area contributed by atoms with Crippen LogP contribution in [-0.2, 0) is 13.6 Å². The minimum atomic E-state index is -3.34. The Morgan fingerprint density at radius 2 is 2.07 bits per heavy atom. The molecule has 2 rings (SSSR count). The standard InChI is InChI=1S/C9H10ClO3P/c10-14(11)12-7-6-9(13-14)8-4-2-1-3-5-8/h1-5,9H,6-7H2. The maximum Gasteiger partial charge on any atom is 0.424 e. The van der Waals surface area contributed by atoms with Crippen LogP contribution in [0.1, 0.15) is 18.1 Å². The van der Waals surface area contributed by atoms with Gasteiger partial charge < -0.3 is 0 Å². The predicted octanol–water partition coefficient (Wildman–Crippen LogP) is 3.51. The third kappa shape index (κ3) is 2.37. The Kier molecular flexibility index (Phi) is 2.93. The van der Waals surface area contributed by atoms with Gasteiger partial charge in [0.1, 0.15) is 0 Å². The zero-order chi connectivity index (χ0) is 10.0. The lowest BCUT2D eigenvalue weighted by atomic mass is 10.1. The van der Waals surface area contributed by atoms with Crippen LogP contribution in [0.5, 0.6) is 0 Å². The molecule has 1 aliphatic heterocycles. The molecule has 1 aromatic rings. The van der Waals surface area contributed by atoms with Gasteiger partial charge in [-0.1, -0.05) is 30.3 Å². The second kappa shape index (κ2) is 4.03. The lowest BCUT2D eigenvalue weighted by Crippen LogP contribution is -2.11. The molecule has 3 nitrogen and oxygen atoms in total. The summed E-state index contributed by atoms with van der Waals surface area (Å²) in [5.74, 6) is 0. The molecule has 76 valence electrons. The van der Waals surface area contributed by atoms with Crippen LogP contribution in [0.3, 0.4) is 0 Å². The van der Waals surface area contributed by atoms with E-state index < -0.39 is 6.95 Å². The third-order valence-electron chi connectivity index (χ3n) is 2.05. The lowest BCUT2D eigenvalue weighted by Gasteiger charge is -2.25. The van der Waals surface area contributed by atoms with E-state index in [1.165, 1.54) is 0 Å². The molecule has 0 radical (unpaired) electrons. The topological polar surface area (TPSA) is 35.5 Å². The highest BCUT2D eigenvalue weighted by atomic mass is 35.7. The normalized spacial score (nSPS) is 32.8. The van der Waals surface area contributed by atoms with Crippen molar-refractivity contribution in [2.24, 2.45) is 0 Å². The van der Waals surface area contributed by atoms with Crippen LogP contribution >= 0.6 is 18.2 Å². The van der Waals surface area contributed by atoms with Gasteiger partial charge in [-0.15, -0.1) is 0 Å². The molecule has 1 heterocycles. The lowest BCUT2D eigenvalue weighted by molar-refractivity contribution is 0.0913.